The van der Waals surface area contributed by atoms with Crippen LogP contribution < -0.4 is 4.89 Å². The third-order valence-electron chi connectivity index (χ3n) is 1.97. The van der Waals surface area contributed by atoms with Crippen LogP contribution in [-0.4, -0.2) is 5.97 Å². The number of hydrogen-bond donors (Lipinski definition) is 0. The molecule has 0 amide bonds. The summed E-state index contributed by atoms with van der Waals surface area (Å²) in [5.41, 5.74) is 0.901. The highest BCUT2D eigenvalue weighted by Gasteiger charge is 2.19. The minimum atomic E-state index is -0.562. The Labute approximate surface area is 95.0 Å². The number of para-hydroxylation sites is 1. The summed E-state index contributed by atoms with van der Waals surface area (Å²) in [6.07, 6.45) is 0. The fourth-order valence-electron chi connectivity index (χ4n) is 1.26. The Kier molecular flexibility index (Phi) is 3.90. The standard InChI is InChI=1S/C12H16O4/c1-9(13)14-16-15-11-8-6-5-7-10(11)12(2,3)4/h5-8H,1-4H3. The maximum atomic E-state index is 10.5. The van der Waals surface area contributed by atoms with Crippen LogP contribution in [0.5, 0.6) is 5.75 Å². The molecule has 0 heterocycles. The molecular formula is C12H16O4. The van der Waals surface area contributed by atoms with Crippen molar-refractivity contribution in [1.82, 2.24) is 0 Å². The lowest BCUT2D eigenvalue weighted by Crippen LogP contribution is -2.14. The van der Waals surface area contributed by atoms with Crippen LogP contribution in [0.2, 0.25) is 0 Å². The van der Waals surface area contributed by atoms with Crippen molar-refractivity contribution in [2.24, 2.45) is 0 Å². The van der Waals surface area contributed by atoms with Crippen molar-refractivity contribution >= 4 is 5.97 Å². The Morgan fingerprint density at radius 1 is 1.19 bits per heavy atom. The van der Waals surface area contributed by atoms with E-state index in [1.54, 1.807) is 6.07 Å². The fraction of sp³-hybridized carbons (Fsp3) is 0.417. The molecule has 0 saturated heterocycles. The number of rotatable bonds is 3. The van der Waals surface area contributed by atoms with E-state index in [-0.39, 0.29) is 5.41 Å². The molecule has 4 nitrogen and oxygen atoms in total. The molecule has 0 aliphatic heterocycles. The molecule has 0 unspecified atom stereocenters. The molecule has 0 saturated carbocycles. The molecule has 0 bridgehead atoms. The maximum absolute atomic E-state index is 10.5. The Morgan fingerprint density at radius 3 is 2.38 bits per heavy atom. The molecule has 0 spiro atoms. The zero-order chi connectivity index (χ0) is 12.2. The van der Waals surface area contributed by atoms with Crippen molar-refractivity contribution in [3.8, 4) is 5.75 Å². The fourth-order valence-corrected chi connectivity index (χ4v) is 1.26. The minimum absolute atomic E-state index is 0.0732. The number of benzene rings is 1. The third-order valence-corrected chi connectivity index (χ3v) is 1.97. The van der Waals surface area contributed by atoms with Gasteiger partial charge < -0.3 is 0 Å². The average molecular weight is 224 g/mol. The Hall–Kier alpha value is -1.55. The van der Waals surface area contributed by atoms with Gasteiger partial charge in [-0.3, -0.25) is 9.78 Å². The summed E-state index contributed by atoms with van der Waals surface area (Å²) in [6, 6.07) is 7.43. The predicted octanol–water partition coefficient (Wildman–Crippen LogP) is 2.77. The molecule has 0 aromatic heterocycles. The summed E-state index contributed by atoms with van der Waals surface area (Å²) in [7, 11) is 0. The van der Waals surface area contributed by atoms with Crippen LogP contribution in [0.25, 0.3) is 0 Å². The first kappa shape index (κ1) is 12.5. The van der Waals surface area contributed by atoms with Gasteiger partial charge in [0.2, 0.25) is 0 Å². The van der Waals surface area contributed by atoms with E-state index in [0.717, 1.165) is 5.56 Å². The molecule has 1 aromatic carbocycles. The van der Waals surface area contributed by atoms with Crippen molar-refractivity contribution in [2.75, 3.05) is 0 Å². The zero-order valence-corrected chi connectivity index (χ0v) is 9.94. The minimum Gasteiger partial charge on any atom is -0.299 e. The van der Waals surface area contributed by atoms with E-state index < -0.39 is 5.97 Å². The molecule has 0 fully saturated rings. The van der Waals surface area contributed by atoms with Crippen molar-refractivity contribution in [2.45, 2.75) is 33.1 Å². The molecule has 0 aliphatic carbocycles. The normalized spacial score (nSPS) is 11.0. The molecule has 0 aliphatic rings. The van der Waals surface area contributed by atoms with Crippen molar-refractivity contribution in [1.29, 1.82) is 0 Å². The average Bonchev–Trinajstić information content (AvgIpc) is 2.16. The summed E-state index contributed by atoms with van der Waals surface area (Å²) >= 11 is 0. The van der Waals surface area contributed by atoms with E-state index in [9.17, 15) is 4.79 Å². The van der Waals surface area contributed by atoms with Gasteiger partial charge in [-0.2, -0.15) is 0 Å². The summed E-state index contributed by atoms with van der Waals surface area (Å²) in [6.45, 7) is 7.40. The van der Waals surface area contributed by atoms with E-state index in [1.807, 2.05) is 18.2 Å². The SMILES string of the molecule is CC(=O)OOOc1ccccc1C(C)(C)C. The number of hydrogen-bond acceptors (Lipinski definition) is 4. The first-order chi connectivity index (χ1) is 7.41. The van der Waals surface area contributed by atoms with E-state index in [4.69, 9.17) is 4.89 Å². The van der Waals surface area contributed by atoms with Crippen molar-refractivity contribution in [3.05, 3.63) is 29.8 Å². The largest absolute Gasteiger partial charge is 0.343 e. The van der Waals surface area contributed by atoms with Gasteiger partial charge in [0.1, 0.15) is 0 Å². The molecule has 0 N–H and O–H groups in total. The van der Waals surface area contributed by atoms with E-state index in [1.165, 1.54) is 6.92 Å². The Morgan fingerprint density at radius 2 is 1.81 bits per heavy atom. The Balaban J connectivity index is 2.76. The molecule has 1 aromatic rings. The van der Waals surface area contributed by atoms with Gasteiger partial charge >= 0.3 is 5.97 Å². The van der Waals surface area contributed by atoms with Crippen molar-refractivity contribution < 1.29 is 19.6 Å². The second kappa shape index (κ2) is 4.99. The first-order valence-electron chi connectivity index (χ1n) is 5.02. The predicted molar refractivity (Wildman–Crippen MR) is 58.6 cm³/mol. The third kappa shape index (κ3) is 3.55. The highest BCUT2D eigenvalue weighted by atomic mass is 17.5. The highest BCUT2D eigenvalue weighted by molar-refractivity contribution is 5.65. The van der Waals surface area contributed by atoms with Crippen LogP contribution in [0.3, 0.4) is 0 Å². The van der Waals surface area contributed by atoms with Crippen LogP contribution >= 0.6 is 0 Å². The summed E-state index contributed by atoms with van der Waals surface area (Å²) in [4.78, 5) is 19.7. The molecule has 0 radical (unpaired) electrons. The van der Waals surface area contributed by atoms with Crippen molar-refractivity contribution in [3.63, 3.8) is 0 Å². The quantitative estimate of drug-likeness (QED) is 0.585. The monoisotopic (exact) mass is 224 g/mol. The molecule has 88 valence electrons. The smallest absolute Gasteiger partial charge is 0.299 e. The van der Waals surface area contributed by atoms with E-state index >= 15 is 0 Å². The summed E-state index contributed by atoms with van der Waals surface area (Å²) < 4.78 is 0. The van der Waals surface area contributed by atoms with Gasteiger partial charge in [-0.05, 0) is 11.5 Å². The number of carbonyl (C=O) groups excluding carboxylic acids is 1. The van der Waals surface area contributed by atoms with Crippen LogP contribution in [0.4, 0.5) is 0 Å². The van der Waals surface area contributed by atoms with Gasteiger partial charge in [0.05, 0.1) is 0 Å². The van der Waals surface area contributed by atoms with Gasteiger partial charge in [0.15, 0.2) is 5.75 Å². The zero-order valence-electron chi connectivity index (χ0n) is 9.94. The maximum Gasteiger partial charge on any atom is 0.343 e. The molecular weight excluding hydrogens is 208 g/mol. The molecule has 16 heavy (non-hydrogen) atoms. The van der Waals surface area contributed by atoms with Gasteiger partial charge in [-0.25, -0.2) is 4.79 Å². The molecule has 0 atom stereocenters. The van der Waals surface area contributed by atoms with Crippen LogP contribution in [0, 0.1) is 0 Å². The van der Waals surface area contributed by atoms with Gasteiger partial charge in [-0.1, -0.05) is 39.0 Å². The van der Waals surface area contributed by atoms with Crippen LogP contribution in [0.15, 0.2) is 24.3 Å². The molecule has 1 rings (SSSR count). The van der Waals surface area contributed by atoms with Gasteiger partial charge in [-0.15, -0.1) is 0 Å². The number of carbonyl (C=O) groups is 1. The topological polar surface area (TPSA) is 44.8 Å². The molecule has 4 heteroatoms. The van der Waals surface area contributed by atoms with Crippen LogP contribution in [-0.2, 0) is 20.1 Å². The lowest BCUT2D eigenvalue weighted by atomic mass is 9.86. The lowest BCUT2D eigenvalue weighted by molar-refractivity contribution is -0.436. The summed E-state index contributed by atoms with van der Waals surface area (Å²) in [5, 5.41) is 4.37. The van der Waals surface area contributed by atoms with Gasteiger partial charge in [0, 0.05) is 17.5 Å². The van der Waals surface area contributed by atoms with Crippen LogP contribution in [0.1, 0.15) is 33.3 Å². The Bertz CT molecular complexity index is 366. The lowest BCUT2D eigenvalue weighted by Gasteiger charge is -2.20. The first-order valence-corrected chi connectivity index (χ1v) is 5.02. The second-order valence-corrected chi connectivity index (χ2v) is 4.47. The highest BCUT2D eigenvalue weighted by Crippen LogP contribution is 2.30. The van der Waals surface area contributed by atoms with E-state index in [0.29, 0.717) is 5.75 Å². The second-order valence-electron chi connectivity index (χ2n) is 4.47. The summed E-state index contributed by atoms with van der Waals surface area (Å²) in [5.74, 6) is -0.0236. The van der Waals surface area contributed by atoms with E-state index in [2.05, 4.69) is 30.7 Å². The van der Waals surface area contributed by atoms with Gasteiger partial charge in [0.25, 0.3) is 0 Å².